The summed E-state index contributed by atoms with van der Waals surface area (Å²) in [7, 11) is -4.80. The molecule has 1 fully saturated rings. The Morgan fingerprint density at radius 2 is 1.65 bits per heavy atom. The molecule has 1 unspecified atom stereocenters. The number of carbonyl (C=O) groups is 2. The van der Waals surface area contributed by atoms with Crippen LogP contribution >= 0.6 is 22.9 Å². The Hall–Kier alpha value is -4.48. The lowest BCUT2D eigenvalue weighted by Crippen LogP contribution is -2.54. The van der Waals surface area contributed by atoms with E-state index in [4.69, 9.17) is 26.1 Å². The fourth-order valence-electron chi connectivity index (χ4n) is 5.00. The van der Waals surface area contributed by atoms with Crippen molar-refractivity contribution >= 4 is 50.8 Å². The highest BCUT2D eigenvalue weighted by molar-refractivity contribution is 7.92. The van der Waals surface area contributed by atoms with E-state index < -0.39 is 67.5 Å². The maximum atomic E-state index is 16.4. The lowest BCUT2D eigenvalue weighted by Gasteiger charge is -2.41. The topological polar surface area (TPSA) is 144 Å². The maximum Gasteiger partial charge on any atom is 0.411 e. The number of piperazine rings is 1. The zero-order valence-corrected chi connectivity index (χ0v) is 30.7. The number of ether oxygens (including phenoxy) is 2. The standard InChI is InChI=1S/C33H34ClF3N6O6S2/c1-32(2,3)48-30(44)42-14-15-43(31(45)49-33(4,5)6)23(17-42)28-40-26(27(50-28)22-12-13-38-29(34)39-22)19-8-7-9-21(25(19)37)41-51(46,47)24-16-18(35)10-11-20(24)36/h7-13,16,23,41H,14-15,17H2,1-6H3. The fraction of sp³-hybridized carbons (Fsp3) is 0.364. The molecule has 1 atom stereocenters. The van der Waals surface area contributed by atoms with Gasteiger partial charge in [-0.1, -0.05) is 6.07 Å². The molecular weight excluding hydrogens is 733 g/mol. The van der Waals surface area contributed by atoms with Crippen LogP contribution in [0.4, 0.5) is 28.4 Å². The van der Waals surface area contributed by atoms with Gasteiger partial charge in [0.2, 0.25) is 5.28 Å². The maximum absolute atomic E-state index is 16.4. The summed E-state index contributed by atoms with van der Waals surface area (Å²) >= 11 is 7.15. The van der Waals surface area contributed by atoms with Crippen molar-refractivity contribution < 1.29 is 40.7 Å². The fourth-order valence-corrected chi connectivity index (χ4v) is 7.45. The molecule has 5 rings (SSSR count). The number of hydrogen-bond donors (Lipinski definition) is 1. The number of amides is 2. The normalized spacial score (nSPS) is 15.5. The van der Waals surface area contributed by atoms with Crippen molar-refractivity contribution in [3.05, 3.63) is 76.4 Å². The molecule has 1 saturated heterocycles. The number of thiazole rings is 1. The van der Waals surface area contributed by atoms with Gasteiger partial charge in [0.15, 0.2) is 5.82 Å². The molecule has 2 aromatic heterocycles. The van der Waals surface area contributed by atoms with Crippen LogP contribution in [0.5, 0.6) is 0 Å². The molecule has 12 nitrogen and oxygen atoms in total. The smallest absolute Gasteiger partial charge is 0.411 e. The van der Waals surface area contributed by atoms with E-state index in [0.717, 1.165) is 23.5 Å². The molecule has 51 heavy (non-hydrogen) atoms. The molecule has 1 aliphatic heterocycles. The third kappa shape index (κ3) is 8.88. The van der Waals surface area contributed by atoms with Gasteiger partial charge in [0, 0.05) is 24.8 Å². The molecular formula is C33H34ClF3N6O6S2. The summed E-state index contributed by atoms with van der Waals surface area (Å²) in [6.45, 7) is 10.4. The molecule has 2 amide bonds. The molecule has 0 spiro atoms. The third-order valence-corrected chi connectivity index (χ3v) is 9.87. The minimum absolute atomic E-state index is 0.0150. The Bertz CT molecular complexity index is 2090. The molecule has 0 bridgehead atoms. The highest BCUT2D eigenvalue weighted by Crippen LogP contribution is 2.42. The predicted octanol–water partition coefficient (Wildman–Crippen LogP) is 7.67. The largest absolute Gasteiger partial charge is 0.444 e. The van der Waals surface area contributed by atoms with Crippen LogP contribution in [-0.4, -0.2) is 76.2 Å². The van der Waals surface area contributed by atoms with Gasteiger partial charge in [-0.25, -0.2) is 46.1 Å². The van der Waals surface area contributed by atoms with E-state index in [1.807, 2.05) is 4.72 Å². The number of hydrogen-bond acceptors (Lipinski definition) is 10. The monoisotopic (exact) mass is 766 g/mol. The number of anilines is 1. The summed E-state index contributed by atoms with van der Waals surface area (Å²) in [4.78, 5) is 41.7. The van der Waals surface area contributed by atoms with Gasteiger partial charge in [-0.05, 0) is 89.5 Å². The van der Waals surface area contributed by atoms with E-state index in [2.05, 4.69) is 9.97 Å². The summed E-state index contributed by atoms with van der Waals surface area (Å²) in [5, 5.41) is 0.123. The molecule has 272 valence electrons. The minimum atomic E-state index is -4.80. The average Bonchev–Trinajstić information content (AvgIpc) is 3.46. The Morgan fingerprint density at radius 3 is 2.31 bits per heavy atom. The Balaban J connectivity index is 1.63. The first-order chi connectivity index (χ1) is 23.7. The second-order valence-electron chi connectivity index (χ2n) is 13.4. The summed E-state index contributed by atoms with van der Waals surface area (Å²) < 4.78 is 84.0. The van der Waals surface area contributed by atoms with Gasteiger partial charge in [0.1, 0.15) is 38.8 Å². The van der Waals surface area contributed by atoms with E-state index in [0.29, 0.717) is 12.1 Å². The number of aromatic nitrogens is 3. The van der Waals surface area contributed by atoms with Crippen LogP contribution in [-0.2, 0) is 19.5 Å². The van der Waals surface area contributed by atoms with Gasteiger partial charge in [-0.3, -0.25) is 9.62 Å². The van der Waals surface area contributed by atoms with Crippen molar-refractivity contribution in [1.29, 1.82) is 0 Å². The SMILES string of the molecule is CC(C)(C)OC(=O)N1CCN(C(=O)OC(C)(C)C)C(c2nc(-c3cccc(NS(=O)(=O)c4cc(F)ccc4F)c3F)c(-c3ccnc(Cl)n3)s2)C1. The summed E-state index contributed by atoms with van der Waals surface area (Å²) in [5.41, 5.74) is -2.23. The van der Waals surface area contributed by atoms with E-state index in [9.17, 15) is 26.8 Å². The van der Waals surface area contributed by atoms with Gasteiger partial charge in [0.25, 0.3) is 10.0 Å². The van der Waals surface area contributed by atoms with Crippen molar-refractivity contribution in [1.82, 2.24) is 24.8 Å². The molecule has 0 saturated carbocycles. The lowest BCUT2D eigenvalue weighted by molar-refractivity contribution is -0.0152. The zero-order chi connectivity index (χ0) is 37.5. The van der Waals surface area contributed by atoms with Crippen LogP contribution in [0.2, 0.25) is 5.28 Å². The van der Waals surface area contributed by atoms with Crippen LogP contribution in [0.15, 0.2) is 53.6 Å². The van der Waals surface area contributed by atoms with Crippen LogP contribution in [0.25, 0.3) is 21.8 Å². The highest BCUT2D eigenvalue weighted by atomic mass is 35.5. The van der Waals surface area contributed by atoms with Crippen molar-refractivity contribution in [2.24, 2.45) is 0 Å². The number of nitrogens with zero attached hydrogens (tertiary/aromatic N) is 5. The first-order valence-corrected chi connectivity index (χ1v) is 18.1. The Morgan fingerprint density at radius 1 is 0.961 bits per heavy atom. The van der Waals surface area contributed by atoms with Gasteiger partial charge in [0.05, 0.1) is 28.5 Å². The van der Waals surface area contributed by atoms with Crippen LogP contribution in [0.1, 0.15) is 52.6 Å². The average molecular weight is 767 g/mol. The summed E-state index contributed by atoms with van der Waals surface area (Å²) in [5.74, 6) is -3.35. The third-order valence-electron chi connectivity index (χ3n) is 7.13. The van der Waals surface area contributed by atoms with Crippen LogP contribution < -0.4 is 4.72 Å². The summed E-state index contributed by atoms with van der Waals surface area (Å²) in [6.07, 6.45) is 0.0868. The molecule has 1 N–H and O–H groups in total. The van der Waals surface area contributed by atoms with Gasteiger partial charge in [-0.2, -0.15) is 0 Å². The van der Waals surface area contributed by atoms with Crippen molar-refractivity contribution in [2.45, 2.75) is 63.7 Å². The summed E-state index contributed by atoms with van der Waals surface area (Å²) in [6, 6.07) is 6.24. The second-order valence-corrected chi connectivity index (χ2v) is 16.4. The minimum Gasteiger partial charge on any atom is -0.444 e. The Kier molecular flexibility index (Phi) is 10.6. The van der Waals surface area contributed by atoms with Crippen molar-refractivity contribution in [3.8, 4) is 21.8 Å². The molecule has 0 radical (unpaired) electrons. The Labute approximate surface area is 301 Å². The van der Waals surface area contributed by atoms with Crippen LogP contribution in [0.3, 0.4) is 0 Å². The highest BCUT2D eigenvalue weighted by Gasteiger charge is 2.40. The first-order valence-electron chi connectivity index (χ1n) is 15.5. The predicted molar refractivity (Wildman–Crippen MR) is 184 cm³/mol. The molecule has 1 aliphatic rings. The van der Waals surface area contributed by atoms with Gasteiger partial charge < -0.3 is 14.4 Å². The number of nitrogens with one attached hydrogen (secondary N) is 1. The zero-order valence-electron chi connectivity index (χ0n) is 28.3. The molecule has 4 aromatic rings. The van der Waals surface area contributed by atoms with Crippen molar-refractivity contribution in [3.63, 3.8) is 0 Å². The molecule has 2 aromatic carbocycles. The number of carbonyl (C=O) groups excluding carboxylic acids is 2. The van der Waals surface area contributed by atoms with Crippen LogP contribution in [0, 0.1) is 17.5 Å². The van der Waals surface area contributed by atoms with E-state index in [1.165, 1.54) is 34.2 Å². The van der Waals surface area contributed by atoms with E-state index in [1.54, 1.807) is 41.5 Å². The van der Waals surface area contributed by atoms with E-state index in [-0.39, 0.29) is 51.8 Å². The van der Waals surface area contributed by atoms with Gasteiger partial charge in [-0.15, -0.1) is 11.3 Å². The van der Waals surface area contributed by atoms with Crippen molar-refractivity contribution in [2.75, 3.05) is 24.4 Å². The number of rotatable bonds is 6. The lowest BCUT2D eigenvalue weighted by atomic mass is 10.1. The number of benzene rings is 2. The molecule has 0 aliphatic carbocycles. The first kappa shape index (κ1) is 37.8. The quantitative estimate of drug-likeness (QED) is 0.196. The van der Waals surface area contributed by atoms with E-state index >= 15 is 4.39 Å². The number of halogens is 4. The molecule has 3 heterocycles. The molecule has 18 heteroatoms. The number of sulfonamides is 1. The van der Waals surface area contributed by atoms with Gasteiger partial charge >= 0.3 is 12.2 Å². The second kappa shape index (κ2) is 14.3.